The lowest BCUT2D eigenvalue weighted by atomic mass is 10.1. The molecule has 6 nitrogen and oxygen atoms in total. The Morgan fingerprint density at radius 1 is 1.35 bits per heavy atom. The molecule has 20 heavy (non-hydrogen) atoms. The first-order valence-electron chi connectivity index (χ1n) is 5.89. The van der Waals surface area contributed by atoms with Crippen LogP contribution in [0.3, 0.4) is 0 Å². The van der Waals surface area contributed by atoms with Gasteiger partial charge in [0.1, 0.15) is 0 Å². The summed E-state index contributed by atoms with van der Waals surface area (Å²) in [7, 11) is 1.63. The van der Waals surface area contributed by atoms with Crippen molar-refractivity contribution in [2.24, 2.45) is 0 Å². The van der Waals surface area contributed by atoms with Crippen LogP contribution in [0.4, 0.5) is 5.69 Å². The Kier molecular flexibility index (Phi) is 4.17. The number of nitrogen functional groups attached to an aromatic ring is 1. The fourth-order valence-electron chi connectivity index (χ4n) is 1.93. The largest absolute Gasteiger partial charge is 0.397 e. The molecule has 0 aliphatic heterocycles. The van der Waals surface area contributed by atoms with E-state index in [1.54, 1.807) is 23.9 Å². The molecule has 0 spiro atoms. The maximum absolute atomic E-state index is 6.05. The number of nitrogens with zero attached hydrogens (tertiary/aromatic N) is 4. The van der Waals surface area contributed by atoms with E-state index in [-0.39, 0.29) is 0 Å². The Labute approximate surface area is 126 Å². The molecular weight excluding hydrogens is 301 g/mol. The van der Waals surface area contributed by atoms with Crippen LogP contribution in [0.1, 0.15) is 13.8 Å². The maximum atomic E-state index is 6.05. The standard InChI is InChI=1S/C12H15Cl2N5O/c1-12(2,6-20-3)19-11(16-17-18-19)7-4-8(13)10(14)9(15)5-7/h4-5H,6,15H2,1-3H3. The molecule has 0 saturated heterocycles. The second kappa shape index (κ2) is 5.55. The monoisotopic (exact) mass is 315 g/mol. The summed E-state index contributed by atoms with van der Waals surface area (Å²) >= 11 is 12.0. The number of tetrazole rings is 1. The average Bonchev–Trinajstić information content (AvgIpc) is 2.85. The van der Waals surface area contributed by atoms with E-state index in [9.17, 15) is 0 Å². The summed E-state index contributed by atoms with van der Waals surface area (Å²) in [5.74, 6) is 0.553. The highest BCUT2D eigenvalue weighted by molar-refractivity contribution is 6.43. The summed E-state index contributed by atoms with van der Waals surface area (Å²) in [6.07, 6.45) is 0. The summed E-state index contributed by atoms with van der Waals surface area (Å²) < 4.78 is 6.88. The van der Waals surface area contributed by atoms with Crippen molar-refractivity contribution < 1.29 is 4.74 Å². The average molecular weight is 316 g/mol. The molecule has 0 atom stereocenters. The molecule has 1 heterocycles. The fraction of sp³-hybridized carbons (Fsp3) is 0.417. The highest BCUT2D eigenvalue weighted by atomic mass is 35.5. The molecule has 0 amide bonds. The second-order valence-corrected chi connectivity index (χ2v) is 5.81. The van der Waals surface area contributed by atoms with Crippen molar-refractivity contribution in [1.29, 1.82) is 0 Å². The van der Waals surface area contributed by atoms with Gasteiger partial charge in [0, 0.05) is 12.7 Å². The number of hydrogen-bond acceptors (Lipinski definition) is 5. The quantitative estimate of drug-likeness (QED) is 0.877. The van der Waals surface area contributed by atoms with Crippen LogP contribution in [0.15, 0.2) is 12.1 Å². The zero-order valence-electron chi connectivity index (χ0n) is 11.4. The predicted molar refractivity (Wildman–Crippen MR) is 78.9 cm³/mol. The predicted octanol–water partition coefficient (Wildman–Crippen LogP) is 2.61. The molecule has 8 heteroatoms. The third-order valence-electron chi connectivity index (χ3n) is 2.86. The first kappa shape index (κ1) is 15.0. The molecule has 2 rings (SSSR count). The summed E-state index contributed by atoms with van der Waals surface area (Å²) in [4.78, 5) is 0. The van der Waals surface area contributed by atoms with Gasteiger partial charge >= 0.3 is 0 Å². The molecule has 0 radical (unpaired) electrons. The van der Waals surface area contributed by atoms with Crippen molar-refractivity contribution in [1.82, 2.24) is 20.2 Å². The number of aromatic nitrogens is 4. The van der Waals surface area contributed by atoms with E-state index < -0.39 is 5.54 Å². The molecule has 108 valence electrons. The van der Waals surface area contributed by atoms with Crippen molar-refractivity contribution in [3.8, 4) is 11.4 Å². The highest BCUT2D eigenvalue weighted by Gasteiger charge is 2.26. The van der Waals surface area contributed by atoms with E-state index in [2.05, 4.69) is 15.5 Å². The topological polar surface area (TPSA) is 78.8 Å². The smallest absolute Gasteiger partial charge is 0.182 e. The normalized spacial score (nSPS) is 11.8. The molecule has 0 bridgehead atoms. The van der Waals surface area contributed by atoms with Gasteiger partial charge in [0.2, 0.25) is 0 Å². The Bertz CT molecular complexity index is 603. The lowest BCUT2D eigenvalue weighted by Gasteiger charge is -2.24. The van der Waals surface area contributed by atoms with Crippen LogP contribution in [-0.4, -0.2) is 33.9 Å². The van der Waals surface area contributed by atoms with E-state index >= 15 is 0 Å². The molecular formula is C12H15Cl2N5O. The lowest BCUT2D eigenvalue weighted by Crippen LogP contribution is -2.33. The molecule has 0 unspecified atom stereocenters. The van der Waals surface area contributed by atoms with Gasteiger partial charge < -0.3 is 10.5 Å². The SMILES string of the molecule is COCC(C)(C)n1nnnc1-c1cc(N)c(Cl)c(Cl)c1. The molecule has 0 aliphatic carbocycles. The van der Waals surface area contributed by atoms with Crippen molar-refractivity contribution in [2.75, 3.05) is 19.5 Å². The summed E-state index contributed by atoms with van der Waals surface area (Å²) in [5, 5.41) is 12.5. The van der Waals surface area contributed by atoms with Gasteiger partial charge in [-0.05, 0) is 36.4 Å². The van der Waals surface area contributed by atoms with Gasteiger partial charge in [-0.15, -0.1) is 5.10 Å². The zero-order chi connectivity index (χ0) is 14.9. The van der Waals surface area contributed by atoms with Gasteiger partial charge in [-0.3, -0.25) is 0 Å². The second-order valence-electron chi connectivity index (χ2n) is 5.02. The lowest BCUT2D eigenvalue weighted by molar-refractivity contribution is 0.101. The van der Waals surface area contributed by atoms with Gasteiger partial charge in [-0.2, -0.15) is 0 Å². The maximum Gasteiger partial charge on any atom is 0.182 e. The zero-order valence-corrected chi connectivity index (χ0v) is 12.9. The van der Waals surface area contributed by atoms with Gasteiger partial charge in [0.25, 0.3) is 0 Å². The first-order chi connectivity index (χ1) is 9.36. The Morgan fingerprint density at radius 2 is 2.05 bits per heavy atom. The number of hydrogen-bond donors (Lipinski definition) is 1. The molecule has 0 fully saturated rings. The highest BCUT2D eigenvalue weighted by Crippen LogP contribution is 2.33. The molecule has 1 aromatic heterocycles. The minimum Gasteiger partial charge on any atom is -0.397 e. The van der Waals surface area contributed by atoms with E-state index in [4.69, 9.17) is 33.7 Å². The number of rotatable bonds is 4. The van der Waals surface area contributed by atoms with Gasteiger partial charge in [0.05, 0.1) is 27.9 Å². The van der Waals surface area contributed by atoms with Crippen LogP contribution >= 0.6 is 23.2 Å². The number of anilines is 1. The minimum absolute atomic E-state index is 0.325. The van der Waals surface area contributed by atoms with Gasteiger partial charge in [-0.25, -0.2) is 4.68 Å². The first-order valence-corrected chi connectivity index (χ1v) is 6.65. The third kappa shape index (κ3) is 2.72. The molecule has 0 aliphatic rings. The van der Waals surface area contributed by atoms with Crippen LogP contribution < -0.4 is 5.73 Å². The van der Waals surface area contributed by atoms with Crippen LogP contribution in [0.5, 0.6) is 0 Å². The number of benzene rings is 1. The van der Waals surface area contributed by atoms with Crippen molar-refractivity contribution in [3.05, 3.63) is 22.2 Å². The van der Waals surface area contributed by atoms with Gasteiger partial charge in [-0.1, -0.05) is 23.2 Å². The van der Waals surface area contributed by atoms with E-state index in [0.717, 1.165) is 0 Å². The van der Waals surface area contributed by atoms with Crippen LogP contribution in [-0.2, 0) is 10.3 Å². The van der Waals surface area contributed by atoms with E-state index in [1.165, 1.54) is 0 Å². The van der Waals surface area contributed by atoms with Gasteiger partial charge in [0.15, 0.2) is 5.82 Å². The number of methoxy groups -OCH3 is 1. The van der Waals surface area contributed by atoms with Crippen molar-refractivity contribution in [2.45, 2.75) is 19.4 Å². The van der Waals surface area contributed by atoms with Crippen molar-refractivity contribution in [3.63, 3.8) is 0 Å². The van der Waals surface area contributed by atoms with Crippen molar-refractivity contribution >= 4 is 28.9 Å². The Balaban J connectivity index is 2.53. The minimum atomic E-state index is -0.408. The number of nitrogens with two attached hydrogens (primary N) is 1. The summed E-state index contributed by atoms with van der Waals surface area (Å²) in [5.41, 5.74) is 6.50. The summed E-state index contributed by atoms with van der Waals surface area (Å²) in [6.45, 7) is 4.40. The van der Waals surface area contributed by atoms with Crippen LogP contribution in [0.2, 0.25) is 10.0 Å². The molecule has 1 aromatic carbocycles. The van der Waals surface area contributed by atoms with Crippen LogP contribution in [0, 0.1) is 0 Å². The Morgan fingerprint density at radius 3 is 2.65 bits per heavy atom. The summed E-state index contributed by atoms with van der Waals surface area (Å²) in [6, 6.07) is 3.38. The fourth-order valence-corrected chi connectivity index (χ4v) is 2.26. The van der Waals surface area contributed by atoms with E-state index in [0.29, 0.717) is 33.7 Å². The number of halogens is 2. The Hall–Kier alpha value is -1.37. The molecule has 2 aromatic rings. The molecule has 0 saturated carbocycles. The van der Waals surface area contributed by atoms with Crippen LogP contribution in [0.25, 0.3) is 11.4 Å². The molecule has 2 N–H and O–H groups in total. The third-order valence-corrected chi connectivity index (χ3v) is 3.67. The van der Waals surface area contributed by atoms with E-state index in [1.807, 2.05) is 13.8 Å². The number of ether oxygens (including phenoxy) is 1.